The molecule has 220 valence electrons. The number of piperazine rings is 1. The van der Waals surface area contributed by atoms with Crippen molar-refractivity contribution in [2.45, 2.75) is 58.5 Å². The number of amides is 1. The molecule has 2 aliphatic carbocycles. The van der Waals surface area contributed by atoms with Crippen LogP contribution in [-0.4, -0.2) is 102 Å². The maximum atomic E-state index is 13.9. The van der Waals surface area contributed by atoms with E-state index < -0.39 is 31.3 Å². The number of likely N-dealkylation sites (N-methyl/N-ethyl adjacent to an activating group) is 1. The molecule has 1 aliphatic heterocycles. The van der Waals surface area contributed by atoms with Crippen molar-refractivity contribution in [3.63, 3.8) is 0 Å². The molecule has 9 nitrogen and oxygen atoms in total. The summed E-state index contributed by atoms with van der Waals surface area (Å²) < 4.78 is 53.0. The summed E-state index contributed by atoms with van der Waals surface area (Å²) in [4.78, 5) is 17.4. The van der Waals surface area contributed by atoms with Crippen LogP contribution in [0.2, 0.25) is 0 Å². The van der Waals surface area contributed by atoms with Crippen molar-refractivity contribution < 1.29 is 21.6 Å². The fraction of sp³-hybridized carbons (Fsp3) is 0.750. The van der Waals surface area contributed by atoms with Gasteiger partial charge in [-0.25, -0.2) is 16.8 Å². The first-order valence-electron chi connectivity index (χ1n) is 14.0. The predicted octanol–water partition coefficient (Wildman–Crippen LogP) is 2.12. The molecule has 3 fully saturated rings. The first-order chi connectivity index (χ1) is 18.1. The summed E-state index contributed by atoms with van der Waals surface area (Å²) in [6.07, 6.45) is 3.85. The highest BCUT2D eigenvalue weighted by Gasteiger charge is 2.66. The Morgan fingerprint density at radius 3 is 2.31 bits per heavy atom. The summed E-state index contributed by atoms with van der Waals surface area (Å²) in [6, 6.07) is 7.33. The van der Waals surface area contributed by atoms with Gasteiger partial charge >= 0.3 is 0 Å². The Hall–Kier alpha value is -1.69. The van der Waals surface area contributed by atoms with Crippen LogP contribution in [0.3, 0.4) is 0 Å². The number of sulfone groups is 1. The van der Waals surface area contributed by atoms with Crippen molar-refractivity contribution in [3.05, 3.63) is 29.8 Å². The summed E-state index contributed by atoms with van der Waals surface area (Å²) in [5, 5.41) is 3.22. The van der Waals surface area contributed by atoms with Crippen molar-refractivity contribution in [1.82, 2.24) is 14.5 Å². The minimum absolute atomic E-state index is 0.0226. The number of fused-ring (bicyclic) bond motifs is 2. The molecule has 0 spiro atoms. The number of carbonyl (C=O) groups is 1. The van der Waals surface area contributed by atoms with Crippen molar-refractivity contribution in [3.8, 4) is 0 Å². The fourth-order valence-electron chi connectivity index (χ4n) is 7.38. The average molecular weight is 583 g/mol. The monoisotopic (exact) mass is 582 g/mol. The molecule has 2 saturated carbocycles. The van der Waals surface area contributed by atoms with E-state index in [2.05, 4.69) is 43.1 Å². The van der Waals surface area contributed by atoms with E-state index in [4.69, 9.17) is 0 Å². The summed E-state index contributed by atoms with van der Waals surface area (Å²) in [7, 11) is -3.23. The van der Waals surface area contributed by atoms with Gasteiger partial charge in [-0.3, -0.25) is 9.69 Å². The second kappa shape index (κ2) is 10.9. The van der Waals surface area contributed by atoms with E-state index in [-0.39, 0.29) is 35.3 Å². The number of aryl methyl sites for hydroxylation is 1. The number of benzene rings is 1. The maximum Gasteiger partial charge on any atom is 0.237 e. The molecule has 1 saturated heterocycles. The van der Waals surface area contributed by atoms with Gasteiger partial charge < -0.3 is 10.2 Å². The highest BCUT2D eigenvalue weighted by molar-refractivity contribution is 7.90. The van der Waals surface area contributed by atoms with E-state index in [1.807, 2.05) is 12.1 Å². The molecule has 2 bridgehead atoms. The van der Waals surface area contributed by atoms with E-state index in [1.54, 1.807) is 23.3 Å². The van der Waals surface area contributed by atoms with E-state index >= 15 is 0 Å². The maximum absolute atomic E-state index is 13.9. The zero-order valence-electron chi connectivity index (χ0n) is 24.3. The SMILES string of the molecule is Cc1ccccc1N1CCN(S(=O)(=O)C[C@]23CC[C@H](C[C@@H]2NC(=O)[C@H](CCS(C)(=O)=O)N(C)C)C3(C)C)CC1. The zero-order chi connectivity index (χ0) is 28.8. The van der Waals surface area contributed by atoms with Crippen LogP contribution in [0.25, 0.3) is 0 Å². The molecule has 1 heterocycles. The Balaban J connectivity index is 1.49. The Labute approximate surface area is 235 Å². The molecule has 3 aliphatic rings. The molecule has 0 radical (unpaired) electrons. The number of nitrogens with one attached hydrogen (secondary N) is 1. The lowest BCUT2D eigenvalue weighted by atomic mass is 9.69. The molecule has 4 rings (SSSR count). The molecule has 0 unspecified atom stereocenters. The number of rotatable bonds is 10. The standard InChI is InChI=1S/C28H46N4O5S2/c1-21-9-7-8-10-23(21)31-14-16-32(17-15-31)39(36,37)20-28-13-11-22(27(28,2)3)19-25(28)29-26(33)24(30(4)5)12-18-38(6,34)35/h7-10,22,24-25H,11-20H2,1-6H3,(H,29,33)/t22-,24+,25+,28-/m1/s1. The minimum atomic E-state index is -3.57. The largest absolute Gasteiger partial charge is 0.369 e. The summed E-state index contributed by atoms with van der Waals surface area (Å²) in [5.74, 6) is 0.0653. The number of anilines is 1. The van der Waals surface area contributed by atoms with E-state index in [0.29, 0.717) is 32.1 Å². The van der Waals surface area contributed by atoms with Gasteiger partial charge in [0.1, 0.15) is 9.84 Å². The van der Waals surface area contributed by atoms with Crippen molar-refractivity contribution >= 4 is 31.5 Å². The van der Waals surface area contributed by atoms with E-state index in [9.17, 15) is 21.6 Å². The van der Waals surface area contributed by atoms with Crippen LogP contribution >= 0.6 is 0 Å². The lowest BCUT2D eigenvalue weighted by Gasteiger charge is -2.45. The predicted molar refractivity (Wildman–Crippen MR) is 156 cm³/mol. The summed E-state index contributed by atoms with van der Waals surface area (Å²) in [6.45, 7) is 8.59. The second-order valence-electron chi connectivity index (χ2n) is 12.7. The van der Waals surface area contributed by atoms with Crippen LogP contribution in [0.4, 0.5) is 5.69 Å². The summed E-state index contributed by atoms with van der Waals surface area (Å²) >= 11 is 0. The smallest absolute Gasteiger partial charge is 0.237 e. The number of sulfonamides is 1. The quantitative estimate of drug-likeness (QED) is 0.450. The highest BCUT2D eigenvalue weighted by atomic mass is 32.2. The molecular formula is C28H46N4O5S2. The molecule has 39 heavy (non-hydrogen) atoms. The van der Waals surface area contributed by atoms with Gasteiger partial charge in [-0.2, -0.15) is 4.31 Å². The zero-order valence-corrected chi connectivity index (χ0v) is 25.9. The molecule has 0 aromatic heterocycles. The van der Waals surface area contributed by atoms with Crippen LogP contribution in [0, 0.1) is 23.7 Å². The van der Waals surface area contributed by atoms with Crippen LogP contribution < -0.4 is 10.2 Å². The van der Waals surface area contributed by atoms with Crippen molar-refractivity contribution in [1.29, 1.82) is 0 Å². The number of hydrogen-bond donors (Lipinski definition) is 1. The molecule has 11 heteroatoms. The van der Waals surface area contributed by atoms with Crippen LogP contribution in [0.5, 0.6) is 0 Å². The Bertz CT molecular complexity index is 1270. The van der Waals surface area contributed by atoms with Gasteiger partial charge in [0, 0.05) is 49.6 Å². The van der Waals surface area contributed by atoms with Gasteiger partial charge in [0.2, 0.25) is 15.9 Å². The average Bonchev–Trinajstić information content (AvgIpc) is 3.18. The topological polar surface area (TPSA) is 107 Å². The van der Waals surface area contributed by atoms with Gasteiger partial charge in [-0.15, -0.1) is 0 Å². The molecule has 1 aromatic carbocycles. The van der Waals surface area contributed by atoms with Crippen molar-refractivity contribution in [2.75, 3.05) is 62.9 Å². The van der Waals surface area contributed by atoms with Gasteiger partial charge in [0.15, 0.2) is 0 Å². The Morgan fingerprint density at radius 2 is 1.74 bits per heavy atom. The van der Waals surface area contributed by atoms with Crippen molar-refractivity contribution in [2.24, 2.45) is 16.7 Å². The van der Waals surface area contributed by atoms with Gasteiger partial charge in [-0.05, 0) is 69.7 Å². The Kier molecular flexibility index (Phi) is 8.50. The third-order valence-corrected chi connectivity index (χ3v) is 13.0. The number of para-hydroxylation sites is 1. The number of hydrogen-bond acceptors (Lipinski definition) is 7. The molecule has 1 N–H and O–H groups in total. The molecule has 4 atom stereocenters. The van der Waals surface area contributed by atoms with Gasteiger partial charge in [-0.1, -0.05) is 32.0 Å². The molecule has 1 amide bonds. The van der Waals surface area contributed by atoms with E-state index in [1.165, 1.54) is 11.8 Å². The lowest BCUT2D eigenvalue weighted by molar-refractivity contribution is -0.127. The third-order valence-electron chi connectivity index (χ3n) is 9.96. The van der Waals surface area contributed by atoms with Crippen LogP contribution in [-0.2, 0) is 24.7 Å². The first-order valence-corrected chi connectivity index (χ1v) is 17.7. The third kappa shape index (κ3) is 6.01. The normalized spacial score (nSPS) is 28.1. The lowest BCUT2D eigenvalue weighted by Crippen LogP contribution is -2.58. The molecular weight excluding hydrogens is 536 g/mol. The summed E-state index contributed by atoms with van der Waals surface area (Å²) in [5.41, 5.74) is 1.54. The fourth-order valence-corrected chi connectivity index (χ4v) is 10.3. The number of carbonyl (C=O) groups excluding carboxylic acids is 1. The minimum Gasteiger partial charge on any atom is -0.369 e. The second-order valence-corrected chi connectivity index (χ2v) is 17.0. The van der Waals surface area contributed by atoms with E-state index in [0.717, 1.165) is 24.9 Å². The van der Waals surface area contributed by atoms with Crippen LogP contribution in [0.15, 0.2) is 24.3 Å². The van der Waals surface area contributed by atoms with Gasteiger partial charge in [0.25, 0.3) is 0 Å². The highest BCUT2D eigenvalue weighted by Crippen LogP contribution is 2.66. The first kappa shape index (κ1) is 30.3. The molecule has 1 aromatic rings. The Morgan fingerprint density at radius 1 is 1.10 bits per heavy atom. The van der Waals surface area contributed by atoms with Gasteiger partial charge in [0.05, 0.1) is 17.5 Å². The van der Waals surface area contributed by atoms with Crippen LogP contribution in [0.1, 0.15) is 45.1 Å². The number of nitrogens with zero attached hydrogens (tertiary/aromatic N) is 3.